The van der Waals surface area contributed by atoms with Gasteiger partial charge < -0.3 is 5.11 Å². The Morgan fingerprint density at radius 3 is 2.69 bits per heavy atom. The predicted octanol–water partition coefficient (Wildman–Crippen LogP) is 0.748. The molecule has 0 amide bonds. The Balaban J connectivity index is 2.68. The van der Waals surface area contributed by atoms with Gasteiger partial charge in [0.2, 0.25) is 0 Å². The minimum absolute atomic E-state index is 0.184. The van der Waals surface area contributed by atoms with Gasteiger partial charge in [-0.3, -0.25) is 4.79 Å². The summed E-state index contributed by atoms with van der Waals surface area (Å²) in [5.41, 5.74) is 0. The zero-order chi connectivity index (χ0) is 9.90. The molecule has 1 N–H and O–H groups in total. The van der Waals surface area contributed by atoms with Gasteiger partial charge in [-0.25, -0.2) is 8.42 Å². The number of carboxylic acids is 1. The molecule has 0 saturated carbocycles. The van der Waals surface area contributed by atoms with Gasteiger partial charge in [-0.1, -0.05) is 6.07 Å². The summed E-state index contributed by atoms with van der Waals surface area (Å²) in [5, 5.41) is 10.1. The lowest BCUT2D eigenvalue weighted by Crippen LogP contribution is -2.16. The maximum atomic E-state index is 11.1. The molecule has 0 aliphatic heterocycles. The predicted molar refractivity (Wildman–Crippen MR) is 49.4 cm³/mol. The molecule has 1 aromatic rings. The van der Waals surface area contributed by atoms with Crippen LogP contribution in [0.1, 0.15) is 4.88 Å². The van der Waals surface area contributed by atoms with Gasteiger partial charge in [-0.05, 0) is 11.4 Å². The Hall–Kier alpha value is -0.880. The molecule has 72 valence electrons. The minimum Gasteiger partial charge on any atom is -0.480 e. The fourth-order valence-electron chi connectivity index (χ4n) is 0.851. The van der Waals surface area contributed by atoms with E-state index in [-0.39, 0.29) is 5.75 Å². The van der Waals surface area contributed by atoms with Crippen LogP contribution in [-0.4, -0.2) is 25.2 Å². The molecular formula is C7H8O4S2. The quantitative estimate of drug-likeness (QED) is 0.812. The van der Waals surface area contributed by atoms with Crippen LogP contribution in [0.25, 0.3) is 0 Å². The zero-order valence-electron chi connectivity index (χ0n) is 6.63. The number of aliphatic carboxylic acids is 1. The topological polar surface area (TPSA) is 71.4 Å². The summed E-state index contributed by atoms with van der Waals surface area (Å²) in [4.78, 5) is 10.8. The largest absolute Gasteiger partial charge is 0.480 e. The number of sulfone groups is 1. The Morgan fingerprint density at radius 2 is 2.23 bits per heavy atom. The van der Waals surface area contributed by atoms with Crippen molar-refractivity contribution in [2.45, 2.75) is 5.75 Å². The van der Waals surface area contributed by atoms with E-state index in [9.17, 15) is 13.2 Å². The van der Waals surface area contributed by atoms with Gasteiger partial charge in [0.1, 0.15) is 5.75 Å². The molecule has 0 fully saturated rings. The molecule has 0 spiro atoms. The third kappa shape index (κ3) is 3.56. The molecule has 0 aliphatic rings. The number of carboxylic acid groups (broad SMARTS) is 1. The summed E-state index contributed by atoms with van der Waals surface area (Å²) in [6, 6.07) is 3.40. The van der Waals surface area contributed by atoms with E-state index in [0.717, 1.165) is 0 Å². The van der Waals surface area contributed by atoms with Gasteiger partial charge in [0.05, 0.1) is 5.75 Å². The van der Waals surface area contributed by atoms with Crippen molar-refractivity contribution in [1.29, 1.82) is 0 Å². The summed E-state index contributed by atoms with van der Waals surface area (Å²) >= 11 is 1.30. The smallest absolute Gasteiger partial charge is 0.318 e. The molecule has 0 saturated heterocycles. The first-order chi connectivity index (χ1) is 5.99. The lowest BCUT2D eigenvalue weighted by molar-refractivity contribution is -0.134. The maximum absolute atomic E-state index is 11.1. The van der Waals surface area contributed by atoms with Crippen molar-refractivity contribution in [1.82, 2.24) is 0 Å². The highest BCUT2D eigenvalue weighted by Crippen LogP contribution is 2.12. The van der Waals surface area contributed by atoms with E-state index in [1.54, 1.807) is 17.5 Å². The van der Waals surface area contributed by atoms with E-state index >= 15 is 0 Å². The first-order valence-corrected chi connectivity index (χ1v) is 6.14. The van der Waals surface area contributed by atoms with Crippen LogP contribution in [0.15, 0.2) is 17.5 Å². The molecule has 0 aliphatic carbocycles. The lowest BCUT2D eigenvalue weighted by Gasteiger charge is -1.97. The Morgan fingerprint density at radius 1 is 1.54 bits per heavy atom. The molecule has 1 rings (SSSR count). The van der Waals surface area contributed by atoms with Crippen molar-refractivity contribution >= 4 is 27.1 Å². The second kappa shape index (κ2) is 3.89. The minimum atomic E-state index is -3.49. The van der Waals surface area contributed by atoms with Crippen LogP contribution in [0.5, 0.6) is 0 Å². The fraction of sp³-hybridized carbons (Fsp3) is 0.286. The normalized spacial score (nSPS) is 11.4. The average molecular weight is 220 g/mol. The van der Waals surface area contributed by atoms with Gasteiger partial charge in [0.15, 0.2) is 9.84 Å². The molecule has 4 nitrogen and oxygen atoms in total. The van der Waals surface area contributed by atoms with E-state index < -0.39 is 21.6 Å². The third-order valence-corrected chi connectivity index (χ3v) is 3.78. The number of hydrogen-bond donors (Lipinski definition) is 1. The zero-order valence-corrected chi connectivity index (χ0v) is 8.27. The highest BCUT2D eigenvalue weighted by molar-refractivity contribution is 7.91. The van der Waals surface area contributed by atoms with Crippen molar-refractivity contribution in [2.24, 2.45) is 0 Å². The number of carbonyl (C=O) groups is 1. The molecule has 0 atom stereocenters. The van der Waals surface area contributed by atoms with Crippen LogP contribution in [0.4, 0.5) is 0 Å². The van der Waals surface area contributed by atoms with Crippen LogP contribution in [0.2, 0.25) is 0 Å². The molecule has 0 bridgehead atoms. The SMILES string of the molecule is O=C(O)CS(=O)(=O)Cc1cccs1. The highest BCUT2D eigenvalue weighted by Gasteiger charge is 2.16. The van der Waals surface area contributed by atoms with E-state index in [1.165, 1.54) is 11.3 Å². The summed E-state index contributed by atoms with van der Waals surface area (Å²) in [5.74, 6) is -2.29. The third-order valence-electron chi connectivity index (χ3n) is 1.29. The number of rotatable bonds is 4. The monoisotopic (exact) mass is 220 g/mol. The highest BCUT2D eigenvalue weighted by atomic mass is 32.2. The standard InChI is InChI=1S/C7H8O4S2/c8-7(9)5-13(10,11)4-6-2-1-3-12-6/h1-3H,4-5H2,(H,8,9). The van der Waals surface area contributed by atoms with Crippen molar-refractivity contribution in [3.05, 3.63) is 22.4 Å². The number of thiophene rings is 1. The van der Waals surface area contributed by atoms with Gasteiger partial charge in [-0.15, -0.1) is 11.3 Å². The Labute approximate surface area is 79.7 Å². The van der Waals surface area contributed by atoms with Crippen LogP contribution in [0.3, 0.4) is 0 Å². The first-order valence-electron chi connectivity index (χ1n) is 3.44. The Bertz CT molecular complexity index is 377. The summed E-state index contributed by atoms with van der Waals surface area (Å²) in [6.07, 6.45) is 0. The van der Waals surface area contributed by atoms with Gasteiger partial charge >= 0.3 is 5.97 Å². The van der Waals surface area contributed by atoms with E-state index in [1.807, 2.05) is 0 Å². The van der Waals surface area contributed by atoms with Gasteiger partial charge in [-0.2, -0.15) is 0 Å². The van der Waals surface area contributed by atoms with Crippen molar-refractivity contribution in [3.63, 3.8) is 0 Å². The molecule has 6 heteroatoms. The summed E-state index contributed by atoms with van der Waals surface area (Å²) in [6.45, 7) is 0. The van der Waals surface area contributed by atoms with Crippen molar-refractivity contribution in [3.8, 4) is 0 Å². The maximum Gasteiger partial charge on any atom is 0.318 e. The van der Waals surface area contributed by atoms with E-state index in [2.05, 4.69) is 0 Å². The van der Waals surface area contributed by atoms with Crippen LogP contribution < -0.4 is 0 Å². The molecule has 0 unspecified atom stereocenters. The van der Waals surface area contributed by atoms with E-state index in [0.29, 0.717) is 4.88 Å². The van der Waals surface area contributed by atoms with Crippen LogP contribution >= 0.6 is 11.3 Å². The van der Waals surface area contributed by atoms with E-state index in [4.69, 9.17) is 5.11 Å². The molecule has 1 heterocycles. The van der Waals surface area contributed by atoms with Crippen molar-refractivity contribution in [2.75, 3.05) is 5.75 Å². The van der Waals surface area contributed by atoms with Crippen molar-refractivity contribution < 1.29 is 18.3 Å². The Kier molecular flexibility index (Phi) is 3.05. The first kappa shape index (κ1) is 10.2. The summed E-state index contributed by atoms with van der Waals surface area (Å²) < 4.78 is 22.3. The van der Waals surface area contributed by atoms with Gasteiger partial charge in [0.25, 0.3) is 0 Å². The second-order valence-corrected chi connectivity index (χ2v) is 5.60. The summed E-state index contributed by atoms with van der Waals surface area (Å²) in [7, 11) is -3.49. The second-order valence-electron chi connectivity index (χ2n) is 2.51. The molecule has 0 aromatic carbocycles. The average Bonchev–Trinajstić information content (AvgIpc) is 2.34. The fourth-order valence-corrected chi connectivity index (χ4v) is 3.16. The molecule has 0 radical (unpaired) electrons. The lowest BCUT2D eigenvalue weighted by atomic mass is 10.5. The number of hydrogen-bond acceptors (Lipinski definition) is 4. The molecular weight excluding hydrogens is 212 g/mol. The van der Waals surface area contributed by atoms with Gasteiger partial charge in [0, 0.05) is 4.88 Å². The molecule has 13 heavy (non-hydrogen) atoms. The van der Waals surface area contributed by atoms with Crippen LogP contribution in [0, 0.1) is 0 Å². The van der Waals surface area contributed by atoms with Crippen LogP contribution in [-0.2, 0) is 20.4 Å². The molecule has 1 aromatic heterocycles.